The molecule has 0 spiro atoms. The second kappa shape index (κ2) is 9.43. The number of benzene rings is 1. The smallest absolute Gasteiger partial charge is 0.296 e. The number of ketones is 1. The Hall–Kier alpha value is -4.00. The summed E-state index contributed by atoms with van der Waals surface area (Å²) in [5.41, 5.74) is 1.55. The highest BCUT2D eigenvalue weighted by molar-refractivity contribution is 6.46. The highest BCUT2D eigenvalue weighted by Gasteiger charge is 2.46. The Morgan fingerprint density at radius 3 is 2.34 bits per heavy atom. The summed E-state index contributed by atoms with van der Waals surface area (Å²) in [4.78, 5) is 36.0. The first kappa shape index (κ1) is 21.2. The minimum Gasteiger partial charge on any atom is -0.507 e. The Kier molecular flexibility index (Phi) is 6.26. The predicted molar refractivity (Wildman–Crippen MR) is 119 cm³/mol. The van der Waals surface area contributed by atoms with Gasteiger partial charge in [-0.15, -0.1) is 0 Å². The molecule has 1 aliphatic heterocycles. The summed E-state index contributed by atoms with van der Waals surface area (Å²) in [6.45, 7) is 2.72. The zero-order valence-corrected chi connectivity index (χ0v) is 17.6. The van der Waals surface area contributed by atoms with Gasteiger partial charge in [0.15, 0.2) is 0 Å². The number of ether oxygens (including phenoxy) is 1. The summed E-state index contributed by atoms with van der Waals surface area (Å²) in [7, 11) is 0. The van der Waals surface area contributed by atoms with Crippen LogP contribution < -0.4 is 4.74 Å². The van der Waals surface area contributed by atoms with E-state index in [1.165, 1.54) is 4.90 Å². The van der Waals surface area contributed by atoms with E-state index in [-0.39, 0.29) is 17.9 Å². The second-order valence-electron chi connectivity index (χ2n) is 7.38. The number of hydrogen-bond acceptors (Lipinski definition) is 6. The van der Waals surface area contributed by atoms with Crippen molar-refractivity contribution < 1.29 is 19.4 Å². The number of Topliss-reactive ketones (excluding diaryl/α,β-unsaturated/α-hetero) is 1. The molecule has 7 heteroatoms. The number of aromatic nitrogens is 2. The highest BCUT2D eigenvalue weighted by Crippen LogP contribution is 2.39. The molecule has 1 N–H and O–H groups in total. The lowest BCUT2D eigenvalue weighted by Crippen LogP contribution is -2.29. The van der Waals surface area contributed by atoms with Crippen molar-refractivity contribution in [2.75, 3.05) is 6.61 Å². The number of carbonyl (C=O) groups is 2. The van der Waals surface area contributed by atoms with Gasteiger partial charge in [0.05, 0.1) is 30.1 Å². The Bertz CT molecular complexity index is 1130. The molecule has 4 rings (SSSR count). The maximum Gasteiger partial charge on any atom is 0.296 e. The summed E-state index contributed by atoms with van der Waals surface area (Å²) in [5.74, 6) is -1.03. The van der Waals surface area contributed by atoms with Crippen LogP contribution in [0.25, 0.3) is 5.76 Å². The molecule has 3 aromatic rings. The van der Waals surface area contributed by atoms with E-state index in [2.05, 4.69) is 9.97 Å². The normalized spacial score (nSPS) is 17.5. The lowest BCUT2D eigenvalue weighted by atomic mass is 9.98. The summed E-state index contributed by atoms with van der Waals surface area (Å²) in [5, 5.41) is 11.1. The molecule has 1 saturated heterocycles. The number of hydrogen-bond donors (Lipinski definition) is 1. The van der Waals surface area contributed by atoms with Gasteiger partial charge in [0.1, 0.15) is 17.6 Å². The maximum absolute atomic E-state index is 13.0. The minimum atomic E-state index is -0.825. The highest BCUT2D eigenvalue weighted by atomic mass is 16.5. The van der Waals surface area contributed by atoms with Gasteiger partial charge in [-0.3, -0.25) is 19.6 Å². The van der Waals surface area contributed by atoms with Gasteiger partial charge < -0.3 is 14.7 Å². The van der Waals surface area contributed by atoms with Crippen LogP contribution in [0.3, 0.4) is 0 Å². The van der Waals surface area contributed by atoms with Crippen LogP contribution in [0.2, 0.25) is 0 Å². The van der Waals surface area contributed by atoms with Crippen LogP contribution in [0, 0.1) is 0 Å². The SMILES string of the molecule is CCCOc1ccc(/C(O)=C2/C(=O)C(=O)N(Cc3ccccn3)C2c2ccccn2)cc1. The molecule has 32 heavy (non-hydrogen) atoms. The summed E-state index contributed by atoms with van der Waals surface area (Å²) in [6.07, 6.45) is 4.10. The third-order valence-corrected chi connectivity index (χ3v) is 5.17. The van der Waals surface area contributed by atoms with Crippen LogP contribution in [-0.4, -0.2) is 38.3 Å². The molecule has 1 unspecified atom stereocenters. The van der Waals surface area contributed by atoms with Gasteiger partial charge >= 0.3 is 0 Å². The van der Waals surface area contributed by atoms with E-state index in [1.54, 1.807) is 67.0 Å². The molecule has 1 amide bonds. The molecule has 1 aliphatic rings. The van der Waals surface area contributed by atoms with Gasteiger partial charge in [-0.2, -0.15) is 0 Å². The third kappa shape index (κ3) is 4.23. The second-order valence-corrected chi connectivity index (χ2v) is 7.38. The monoisotopic (exact) mass is 429 g/mol. The number of carbonyl (C=O) groups excluding carboxylic acids is 2. The minimum absolute atomic E-state index is 0.00635. The predicted octanol–water partition coefficient (Wildman–Crippen LogP) is 3.89. The van der Waals surface area contributed by atoms with Crippen LogP contribution in [0.15, 0.2) is 78.6 Å². The zero-order chi connectivity index (χ0) is 22.5. The van der Waals surface area contributed by atoms with E-state index in [1.807, 2.05) is 13.0 Å². The molecule has 2 aromatic heterocycles. The third-order valence-electron chi connectivity index (χ3n) is 5.17. The zero-order valence-electron chi connectivity index (χ0n) is 17.6. The van der Waals surface area contributed by atoms with Crippen LogP contribution in [-0.2, 0) is 16.1 Å². The number of amides is 1. The van der Waals surface area contributed by atoms with Gasteiger partial charge in [0, 0.05) is 18.0 Å². The van der Waals surface area contributed by atoms with Gasteiger partial charge in [0.2, 0.25) is 0 Å². The van der Waals surface area contributed by atoms with Gasteiger partial charge in [-0.05, 0) is 55.0 Å². The Morgan fingerprint density at radius 1 is 1.00 bits per heavy atom. The average molecular weight is 429 g/mol. The molecule has 7 nitrogen and oxygen atoms in total. The Labute approximate surface area is 186 Å². The van der Waals surface area contributed by atoms with E-state index in [0.717, 1.165) is 6.42 Å². The molecule has 0 radical (unpaired) electrons. The number of pyridine rings is 2. The van der Waals surface area contributed by atoms with Crippen molar-refractivity contribution in [3.05, 3.63) is 95.6 Å². The first-order valence-corrected chi connectivity index (χ1v) is 10.4. The van der Waals surface area contributed by atoms with Gasteiger partial charge in [0.25, 0.3) is 11.7 Å². The van der Waals surface area contributed by atoms with Crippen LogP contribution in [0.1, 0.15) is 36.3 Å². The number of nitrogens with zero attached hydrogens (tertiary/aromatic N) is 3. The molecule has 0 saturated carbocycles. The lowest BCUT2D eigenvalue weighted by molar-refractivity contribution is -0.140. The molecular formula is C25H23N3O4. The summed E-state index contributed by atoms with van der Waals surface area (Å²) >= 11 is 0. The van der Waals surface area contributed by atoms with Crippen molar-refractivity contribution in [1.29, 1.82) is 0 Å². The van der Waals surface area contributed by atoms with Crippen molar-refractivity contribution >= 4 is 17.4 Å². The van der Waals surface area contributed by atoms with Crippen molar-refractivity contribution in [1.82, 2.24) is 14.9 Å². The average Bonchev–Trinajstić information content (AvgIpc) is 3.09. The first-order chi connectivity index (χ1) is 15.6. The van der Waals surface area contributed by atoms with E-state index < -0.39 is 17.7 Å². The van der Waals surface area contributed by atoms with Crippen molar-refractivity contribution in [2.45, 2.75) is 25.9 Å². The molecule has 0 bridgehead atoms. The fourth-order valence-electron chi connectivity index (χ4n) is 3.64. The fourth-order valence-corrected chi connectivity index (χ4v) is 3.64. The number of likely N-dealkylation sites (tertiary alicyclic amines) is 1. The van der Waals surface area contributed by atoms with Crippen molar-refractivity contribution in [2.24, 2.45) is 0 Å². The maximum atomic E-state index is 13.0. The van der Waals surface area contributed by atoms with E-state index in [0.29, 0.717) is 29.3 Å². The van der Waals surface area contributed by atoms with Gasteiger partial charge in [-0.25, -0.2) is 0 Å². The fraction of sp³-hybridized carbons (Fsp3) is 0.200. The van der Waals surface area contributed by atoms with Crippen LogP contribution in [0.5, 0.6) is 5.75 Å². The Balaban J connectivity index is 1.76. The molecule has 1 fully saturated rings. The molecule has 162 valence electrons. The van der Waals surface area contributed by atoms with Crippen molar-refractivity contribution in [3.63, 3.8) is 0 Å². The molecule has 3 heterocycles. The van der Waals surface area contributed by atoms with E-state index in [4.69, 9.17) is 4.74 Å². The van der Waals surface area contributed by atoms with Gasteiger partial charge in [-0.1, -0.05) is 19.1 Å². The van der Waals surface area contributed by atoms with Crippen molar-refractivity contribution in [3.8, 4) is 5.75 Å². The van der Waals surface area contributed by atoms with E-state index >= 15 is 0 Å². The number of rotatable bonds is 7. The topological polar surface area (TPSA) is 92.6 Å². The number of aliphatic hydroxyl groups excluding tert-OH is 1. The largest absolute Gasteiger partial charge is 0.507 e. The molecule has 0 aliphatic carbocycles. The quantitative estimate of drug-likeness (QED) is 0.348. The van der Waals surface area contributed by atoms with Crippen LogP contribution in [0.4, 0.5) is 0 Å². The first-order valence-electron chi connectivity index (χ1n) is 10.4. The Morgan fingerprint density at radius 2 is 1.72 bits per heavy atom. The molecule has 1 aromatic carbocycles. The van der Waals surface area contributed by atoms with Crippen LogP contribution >= 0.6 is 0 Å². The van der Waals surface area contributed by atoms with E-state index in [9.17, 15) is 14.7 Å². The molecular weight excluding hydrogens is 406 g/mol. The standard InChI is InChI=1S/C25H23N3O4/c1-2-15-32-19-11-9-17(10-12-19)23(29)21-22(20-8-4-6-14-27-20)28(25(31)24(21)30)16-18-7-3-5-13-26-18/h3-14,22,29H,2,15-16H2,1H3/b23-21-. The summed E-state index contributed by atoms with van der Waals surface area (Å²) in [6, 6.07) is 16.6. The molecule has 1 atom stereocenters. The summed E-state index contributed by atoms with van der Waals surface area (Å²) < 4.78 is 5.58. The lowest BCUT2D eigenvalue weighted by Gasteiger charge is -2.24. The number of aliphatic hydroxyl groups is 1.